The van der Waals surface area contributed by atoms with Gasteiger partial charge < -0.3 is 4.90 Å². The van der Waals surface area contributed by atoms with Crippen LogP contribution in [0.3, 0.4) is 0 Å². The predicted octanol–water partition coefficient (Wildman–Crippen LogP) is 2.53. The topological polar surface area (TPSA) is 40.6 Å². The van der Waals surface area contributed by atoms with Crippen molar-refractivity contribution >= 4 is 21.6 Å². The molecule has 0 spiro atoms. The fraction of sp³-hybridized carbons (Fsp3) is 0.600. The van der Waals surface area contributed by atoms with Gasteiger partial charge in [0.2, 0.25) is 10.0 Å². The van der Waals surface area contributed by atoms with Gasteiger partial charge in [0.1, 0.15) is 0 Å². The Hall–Kier alpha value is -0.620. The van der Waals surface area contributed by atoms with Gasteiger partial charge in [-0.25, -0.2) is 8.42 Å². The Bertz CT molecular complexity index is 560. The Kier molecular flexibility index (Phi) is 5.66. The van der Waals surface area contributed by atoms with Crippen LogP contribution in [0.15, 0.2) is 29.2 Å². The maximum absolute atomic E-state index is 12.9. The highest BCUT2D eigenvalue weighted by Gasteiger charge is 2.32. The fourth-order valence-electron chi connectivity index (χ4n) is 2.76. The molecule has 1 aliphatic heterocycles. The number of hydrogen-bond donors (Lipinski definition) is 0. The first kappa shape index (κ1) is 16.7. The van der Waals surface area contributed by atoms with Gasteiger partial charge in [-0.1, -0.05) is 19.1 Å². The first-order valence-electron chi connectivity index (χ1n) is 7.34. The van der Waals surface area contributed by atoms with Crippen LogP contribution in [-0.2, 0) is 15.9 Å². The monoisotopic (exact) mass is 330 g/mol. The summed E-state index contributed by atoms with van der Waals surface area (Å²) in [6.07, 6.45) is 1.69. The van der Waals surface area contributed by atoms with E-state index in [9.17, 15) is 8.42 Å². The number of halogens is 1. The molecule has 1 aromatic rings. The molecule has 0 saturated carbocycles. The highest BCUT2D eigenvalue weighted by molar-refractivity contribution is 7.89. The van der Waals surface area contributed by atoms with E-state index in [0.717, 1.165) is 31.5 Å². The second kappa shape index (κ2) is 7.09. The first-order valence-corrected chi connectivity index (χ1v) is 9.31. The molecule has 1 saturated heterocycles. The number of alkyl halides is 1. The lowest BCUT2D eigenvalue weighted by atomic mass is 10.2. The number of likely N-dealkylation sites (N-methyl/N-ethyl adjacent to an activating group) is 1. The van der Waals surface area contributed by atoms with E-state index in [1.54, 1.807) is 28.6 Å². The maximum atomic E-state index is 12.9. The van der Waals surface area contributed by atoms with Crippen LogP contribution in [0.5, 0.6) is 0 Å². The van der Waals surface area contributed by atoms with Crippen LogP contribution in [0.1, 0.15) is 25.3 Å². The molecule has 0 aliphatic carbocycles. The molecule has 4 nitrogen and oxygen atoms in total. The first-order chi connectivity index (χ1) is 9.98. The molecule has 1 aliphatic rings. The van der Waals surface area contributed by atoms with Crippen molar-refractivity contribution in [3.05, 3.63) is 29.8 Å². The second-order valence-corrected chi connectivity index (χ2v) is 7.73. The minimum absolute atomic E-state index is 0.0372. The van der Waals surface area contributed by atoms with E-state index in [1.807, 2.05) is 14.0 Å². The molecule has 21 heavy (non-hydrogen) atoms. The third-order valence-corrected chi connectivity index (χ3v) is 6.28. The second-order valence-electron chi connectivity index (χ2n) is 5.57. The maximum Gasteiger partial charge on any atom is 0.243 e. The van der Waals surface area contributed by atoms with Crippen LogP contribution in [0.2, 0.25) is 0 Å². The van der Waals surface area contributed by atoms with E-state index in [0.29, 0.717) is 17.3 Å². The van der Waals surface area contributed by atoms with E-state index in [2.05, 4.69) is 4.90 Å². The molecule has 2 rings (SSSR count). The molecule has 6 heteroatoms. The SMILES string of the molecule is CCC1CN(C)CCCN1S(=O)(=O)c1ccc(CCl)cc1. The summed E-state index contributed by atoms with van der Waals surface area (Å²) in [7, 11) is -1.38. The van der Waals surface area contributed by atoms with E-state index < -0.39 is 10.0 Å². The zero-order valence-corrected chi connectivity index (χ0v) is 14.2. The van der Waals surface area contributed by atoms with Crippen molar-refractivity contribution < 1.29 is 8.42 Å². The lowest BCUT2D eigenvalue weighted by Crippen LogP contribution is -2.43. The largest absolute Gasteiger partial charge is 0.305 e. The smallest absolute Gasteiger partial charge is 0.243 e. The van der Waals surface area contributed by atoms with Crippen molar-refractivity contribution in [1.29, 1.82) is 0 Å². The predicted molar refractivity (Wildman–Crippen MR) is 86.1 cm³/mol. The van der Waals surface area contributed by atoms with Crippen LogP contribution in [0.4, 0.5) is 0 Å². The van der Waals surface area contributed by atoms with E-state index in [1.165, 1.54) is 0 Å². The fourth-order valence-corrected chi connectivity index (χ4v) is 4.66. The van der Waals surface area contributed by atoms with Crippen molar-refractivity contribution in [2.75, 3.05) is 26.7 Å². The molecule has 0 aromatic heterocycles. The summed E-state index contributed by atoms with van der Waals surface area (Å²) in [6.45, 7) is 4.36. The molecular weight excluding hydrogens is 308 g/mol. The normalized spacial score (nSPS) is 22.1. The Balaban J connectivity index is 2.31. The molecule has 0 amide bonds. The molecule has 0 bridgehead atoms. The van der Waals surface area contributed by atoms with Crippen LogP contribution >= 0.6 is 11.6 Å². The molecule has 1 fully saturated rings. The van der Waals surface area contributed by atoms with Gasteiger partial charge in [0.05, 0.1) is 4.90 Å². The summed E-state index contributed by atoms with van der Waals surface area (Å²) in [4.78, 5) is 2.57. The zero-order valence-electron chi connectivity index (χ0n) is 12.6. The Morgan fingerprint density at radius 3 is 2.48 bits per heavy atom. The van der Waals surface area contributed by atoms with E-state index in [4.69, 9.17) is 11.6 Å². The van der Waals surface area contributed by atoms with Crippen LogP contribution in [0, 0.1) is 0 Å². The van der Waals surface area contributed by atoms with Gasteiger partial charge in [-0.15, -0.1) is 11.6 Å². The summed E-state index contributed by atoms with van der Waals surface area (Å²) in [5.74, 6) is 0.395. The lowest BCUT2D eigenvalue weighted by Gasteiger charge is -2.29. The Morgan fingerprint density at radius 1 is 1.24 bits per heavy atom. The average Bonchev–Trinajstić information content (AvgIpc) is 2.68. The zero-order chi connectivity index (χ0) is 15.5. The molecule has 0 N–H and O–H groups in total. The minimum Gasteiger partial charge on any atom is -0.305 e. The Labute approximate surface area is 132 Å². The third kappa shape index (κ3) is 3.77. The third-order valence-electron chi connectivity index (χ3n) is 4.00. The van der Waals surface area contributed by atoms with Crippen LogP contribution in [0.25, 0.3) is 0 Å². The molecule has 0 radical (unpaired) electrons. The van der Waals surface area contributed by atoms with E-state index in [-0.39, 0.29) is 6.04 Å². The van der Waals surface area contributed by atoms with Crippen molar-refractivity contribution in [1.82, 2.24) is 9.21 Å². The van der Waals surface area contributed by atoms with Gasteiger partial charge in [0, 0.05) is 25.0 Å². The van der Waals surface area contributed by atoms with Gasteiger partial charge in [-0.3, -0.25) is 0 Å². The van der Waals surface area contributed by atoms with Crippen molar-refractivity contribution in [3.8, 4) is 0 Å². The van der Waals surface area contributed by atoms with Gasteiger partial charge in [-0.2, -0.15) is 4.31 Å². The van der Waals surface area contributed by atoms with Gasteiger partial charge in [-0.05, 0) is 44.1 Å². The number of benzene rings is 1. The molecule has 118 valence electrons. The summed E-state index contributed by atoms with van der Waals surface area (Å²) in [5.41, 5.74) is 0.929. The average molecular weight is 331 g/mol. The summed E-state index contributed by atoms with van der Waals surface area (Å²) in [5, 5.41) is 0. The van der Waals surface area contributed by atoms with Gasteiger partial charge >= 0.3 is 0 Å². The molecule has 1 aromatic carbocycles. The molecule has 1 heterocycles. The molecular formula is C15H23ClN2O2S. The highest BCUT2D eigenvalue weighted by atomic mass is 35.5. The summed E-state index contributed by atoms with van der Waals surface area (Å²) in [6, 6.07) is 6.92. The standard InChI is InChI=1S/C15H23ClN2O2S/c1-3-14-12-17(2)9-4-10-18(14)21(19,20)15-7-5-13(11-16)6-8-15/h5-8,14H,3-4,9-12H2,1-2H3. The Morgan fingerprint density at radius 2 is 1.90 bits per heavy atom. The van der Waals surface area contributed by atoms with Crippen molar-refractivity contribution in [2.24, 2.45) is 0 Å². The van der Waals surface area contributed by atoms with E-state index >= 15 is 0 Å². The van der Waals surface area contributed by atoms with Crippen LogP contribution < -0.4 is 0 Å². The van der Waals surface area contributed by atoms with Crippen molar-refractivity contribution in [3.63, 3.8) is 0 Å². The van der Waals surface area contributed by atoms with Gasteiger partial charge in [0.25, 0.3) is 0 Å². The summed E-state index contributed by atoms with van der Waals surface area (Å²) >= 11 is 5.76. The lowest BCUT2D eigenvalue weighted by molar-refractivity contribution is 0.270. The number of rotatable bonds is 4. The van der Waals surface area contributed by atoms with Crippen molar-refractivity contribution in [2.45, 2.75) is 36.6 Å². The number of hydrogen-bond acceptors (Lipinski definition) is 3. The highest BCUT2D eigenvalue weighted by Crippen LogP contribution is 2.23. The summed E-state index contributed by atoms with van der Waals surface area (Å²) < 4.78 is 27.5. The molecule has 1 unspecified atom stereocenters. The van der Waals surface area contributed by atoms with Gasteiger partial charge in [0.15, 0.2) is 0 Å². The molecule has 1 atom stereocenters. The number of nitrogens with zero attached hydrogens (tertiary/aromatic N) is 2. The number of sulfonamides is 1. The van der Waals surface area contributed by atoms with Crippen LogP contribution in [-0.4, -0.2) is 50.3 Å². The quantitative estimate of drug-likeness (QED) is 0.797. The minimum atomic E-state index is -3.43.